The van der Waals surface area contributed by atoms with Gasteiger partial charge < -0.3 is 24.7 Å². The monoisotopic (exact) mass is 334 g/mol. The third-order valence-corrected chi connectivity index (χ3v) is 3.47. The molecule has 0 aromatic heterocycles. The van der Waals surface area contributed by atoms with Crippen LogP contribution in [0.2, 0.25) is 5.02 Å². The smallest absolute Gasteiger partial charge is 0.179 e. The van der Waals surface area contributed by atoms with Crippen molar-refractivity contribution in [2.24, 2.45) is 0 Å². The number of carbonyl (C=O) groups excluding carboxylic acids is 1. The molecule has 2 aromatic carbocycles. The van der Waals surface area contributed by atoms with E-state index in [1.165, 1.54) is 12.1 Å². The van der Waals surface area contributed by atoms with Crippen molar-refractivity contribution in [2.45, 2.75) is 13.5 Å². The molecule has 1 N–H and O–H groups in total. The van der Waals surface area contributed by atoms with Gasteiger partial charge in [-0.25, -0.2) is 0 Å². The number of methoxy groups -OCH3 is 1. The highest BCUT2D eigenvalue weighted by atomic mass is 35.5. The van der Waals surface area contributed by atoms with Crippen LogP contribution < -0.4 is 19.9 Å². The highest BCUT2D eigenvalue weighted by molar-refractivity contribution is 6.32. The molecule has 0 saturated carbocycles. The lowest BCUT2D eigenvalue weighted by molar-refractivity contribution is -0.255. The van der Waals surface area contributed by atoms with Crippen LogP contribution in [0, 0.1) is 0 Å². The Morgan fingerprint density at radius 3 is 2.52 bits per heavy atom. The van der Waals surface area contributed by atoms with Gasteiger partial charge in [-0.3, -0.25) is 0 Å². The summed E-state index contributed by atoms with van der Waals surface area (Å²) < 4.78 is 10.8. The highest BCUT2D eigenvalue weighted by Gasteiger charge is 2.11. The van der Waals surface area contributed by atoms with Gasteiger partial charge in [0.1, 0.15) is 0 Å². The first kappa shape index (κ1) is 17.0. The molecule has 2 aromatic rings. The van der Waals surface area contributed by atoms with Gasteiger partial charge in [0.25, 0.3) is 0 Å². The SMILES string of the molecule is CCOc1cc(CNc2ccc(C(=O)[O-])cc2)cc(Cl)c1OC. The number of benzene rings is 2. The number of carboxylic acid groups (broad SMARTS) is 1. The molecule has 0 bridgehead atoms. The van der Waals surface area contributed by atoms with E-state index in [9.17, 15) is 9.90 Å². The van der Waals surface area contributed by atoms with E-state index >= 15 is 0 Å². The molecule has 6 heteroatoms. The highest BCUT2D eigenvalue weighted by Crippen LogP contribution is 2.36. The average Bonchev–Trinajstić information content (AvgIpc) is 2.53. The first-order chi connectivity index (χ1) is 11.0. The van der Waals surface area contributed by atoms with E-state index in [1.54, 1.807) is 25.3 Å². The summed E-state index contributed by atoms with van der Waals surface area (Å²) in [6, 6.07) is 10.00. The molecule has 0 spiro atoms. The van der Waals surface area contributed by atoms with E-state index in [2.05, 4.69) is 5.32 Å². The van der Waals surface area contributed by atoms with E-state index in [0.29, 0.717) is 29.7 Å². The number of hydrogen-bond acceptors (Lipinski definition) is 5. The Labute approximate surface area is 139 Å². The lowest BCUT2D eigenvalue weighted by Crippen LogP contribution is -2.21. The second kappa shape index (κ2) is 7.74. The molecule has 2 rings (SSSR count). The quantitative estimate of drug-likeness (QED) is 0.843. The molecule has 0 heterocycles. The van der Waals surface area contributed by atoms with Crippen molar-refractivity contribution in [3.8, 4) is 11.5 Å². The van der Waals surface area contributed by atoms with E-state index < -0.39 is 5.97 Å². The minimum atomic E-state index is -1.19. The summed E-state index contributed by atoms with van der Waals surface area (Å²) in [5, 5.41) is 14.4. The van der Waals surface area contributed by atoms with Crippen LogP contribution in [-0.2, 0) is 6.54 Å². The first-order valence-electron chi connectivity index (χ1n) is 7.09. The maximum atomic E-state index is 10.7. The third-order valence-electron chi connectivity index (χ3n) is 3.19. The Hall–Kier alpha value is -2.40. The van der Waals surface area contributed by atoms with Crippen LogP contribution in [-0.4, -0.2) is 19.7 Å². The summed E-state index contributed by atoms with van der Waals surface area (Å²) in [7, 11) is 1.54. The second-order valence-corrected chi connectivity index (χ2v) is 5.17. The zero-order valence-corrected chi connectivity index (χ0v) is 13.6. The summed E-state index contributed by atoms with van der Waals surface area (Å²) in [5.74, 6) is -0.0954. The molecular formula is C17H17ClNO4-. The van der Waals surface area contributed by atoms with Gasteiger partial charge in [0.15, 0.2) is 11.5 Å². The van der Waals surface area contributed by atoms with E-state index in [4.69, 9.17) is 21.1 Å². The van der Waals surface area contributed by atoms with Crippen molar-refractivity contribution in [1.29, 1.82) is 0 Å². The van der Waals surface area contributed by atoms with Gasteiger partial charge in [-0.05, 0) is 42.3 Å². The molecule has 0 amide bonds. The number of hydrogen-bond donors (Lipinski definition) is 1. The maximum absolute atomic E-state index is 10.7. The Morgan fingerprint density at radius 1 is 1.26 bits per heavy atom. The maximum Gasteiger partial charge on any atom is 0.179 e. The molecule has 5 nitrogen and oxygen atoms in total. The molecule has 0 atom stereocenters. The lowest BCUT2D eigenvalue weighted by atomic mass is 10.1. The molecule has 0 aliphatic carbocycles. The Morgan fingerprint density at radius 2 is 1.96 bits per heavy atom. The number of anilines is 1. The number of rotatable bonds is 7. The molecule has 122 valence electrons. The average molecular weight is 335 g/mol. The minimum absolute atomic E-state index is 0.140. The number of carbonyl (C=O) groups is 1. The van der Waals surface area contributed by atoms with E-state index in [0.717, 1.165) is 11.3 Å². The van der Waals surface area contributed by atoms with Crippen molar-refractivity contribution in [3.05, 3.63) is 52.5 Å². The fourth-order valence-corrected chi connectivity index (χ4v) is 2.42. The zero-order valence-electron chi connectivity index (χ0n) is 12.9. The van der Waals surface area contributed by atoms with Crippen LogP contribution in [0.4, 0.5) is 5.69 Å². The van der Waals surface area contributed by atoms with Gasteiger partial charge in [-0.1, -0.05) is 23.7 Å². The largest absolute Gasteiger partial charge is 0.545 e. The second-order valence-electron chi connectivity index (χ2n) is 4.76. The number of nitrogens with one attached hydrogen (secondary N) is 1. The van der Waals surface area contributed by atoms with Crippen molar-refractivity contribution >= 4 is 23.3 Å². The van der Waals surface area contributed by atoms with E-state index in [1.807, 2.05) is 13.0 Å². The predicted molar refractivity (Wildman–Crippen MR) is 87.3 cm³/mol. The van der Waals surface area contributed by atoms with Gasteiger partial charge in [-0.2, -0.15) is 0 Å². The van der Waals surface area contributed by atoms with Crippen molar-refractivity contribution in [1.82, 2.24) is 0 Å². The van der Waals surface area contributed by atoms with Crippen LogP contribution in [0.3, 0.4) is 0 Å². The molecule has 0 aliphatic heterocycles. The Balaban J connectivity index is 2.12. The number of halogens is 1. The van der Waals surface area contributed by atoms with Crippen LogP contribution in [0.5, 0.6) is 11.5 Å². The Kier molecular flexibility index (Phi) is 5.71. The van der Waals surface area contributed by atoms with Crippen LogP contribution in [0.15, 0.2) is 36.4 Å². The van der Waals surface area contributed by atoms with Gasteiger partial charge in [-0.15, -0.1) is 0 Å². The Bertz CT molecular complexity index is 686. The molecular weight excluding hydrogens is 318 g/mol. The van der Waals surface area contributed by atoms with Crippen LogP contribution >= 0.6 is 11.6 Å². The molecule has 0 unspecified atom stereocenters. The van der Waals surface area contributed by atoms with Gasteiger partial charge in [0.2, 0.25) is 0 Å². The van der Waals surface area contributed by atoms with Crippen LogP contribution in [0.25, 0.3) is 0 Å². The summed E-state index contributed by atoms with van der Waals surface area (Å²) in [4.78, 5) is 10.7. The molecule has 0 fully saturated rings. The number of ether oxygens (including phenoxy) is 2. The van der Waals surface area contributed by atoms with E-state index in [-0.39, 0.29) is 5.56 Å². The van der Waals surface area contributed by atoms with Crippen molar-refractivity contribution in [3.63, 3.8) is 0 Å². The lowest BCUT2D eigenvalue weighted by Gasteiger charge is -2.14. The fourth-order valence-electron chi connectivity index (χ4n) is 2.11. The summed E-state index contributed by atoms with van der Waals surface area (Å²) in [6.45, 7) is 2.90. The van der Waals surface area contributed by atoms with Crippen molar-refractivity contribution < 1.29 is 19.4 Å². The molecule has 23 heavy (non-hydrogen) atoms. The fraction of sp³-hybridized carbons (Fsp3) is 0.235. The van der Waals surface area contributed by atoms with Crippen molar-refractivity contribution in [2.75, 3.05) is 19.0 Å². The van der Waals surface area contributed by atoms with Gasteiger partial charge >= 0.3 is 0 Å². The predicted octanol–water partition coefficient (Wildman–Crippen LogP) is 2.72. The third kappa shape index (κ3) is 4.29. The van der Waals surface area contributed by atoms with Gasteiger partial charge in [0.05, 0.1) is 24.7 Å². The molecule has 0 saturated heterocycles. The van der Waals surface area contributed by atoms with Crippen LogP contribution in [0.1, 0.15) is 22.8 Å². The number of aromatic carboxylic acids is 1. The minimum Gasteiger partial charge on any atom is -0.545 e. The number of carboxylic acids is 1. The first-order valence-corrected chi connectivity index (χ1v) is 7.47. The molecule has 0 aliphatic rings. The summed E-state index contributed by atoms with van der Waals surface area (Å²) in [6.07, 6.45) is 0. The topological polar surface area (TPSA) is 70.6 Å². The summed E-state index contributed by atoms with van der Waals surface area (Å²) in [5.41, 5.74) is 1.85. The zero-order chi connectivity index (χ0) is 16.8. The molecule has 0 radical (unpaired) electrons. The summed E-state index contributed by atoms with van der Waals surface area (Å²) >= 11 is 6.20. The normalized spacial score (nSPS) is 10.2. The van der Waals surface area contributed by atoms with Gasteiger partial charge in [0, 0.05) is 12.2 Å². The standard InChI is InChI=1S/C17H18ClNO4/c1-3-23-15-9-11(8-14(18)16(15)22-2)10-19-13-6-4-12(5-7-13)17(20)21/h4-9,19H,3,10H2,1-2H3,(H,20,21)/p-1.